The highest BCUT2D eigenvalue weighted by molar-refractivity contribution is 5.80. The van der Waals surface area contributed by atoms with Crippen LogP contribution in [0.25, 0.3) is 0 Å². The van der Waals surface area contributed by atoms with Gasteiger partial charge in [0.2, 0.25) is 0 Å². The van der Waals surface area contributed by atoms with Crippen molar-refractivity contribution >= 4 is 22.7 Å². The van der Waals surface area contributed by atoms with Gasteiger partial charge in [-0.2, -0.15) is 0 Å². The van der Waals surface area contributed by atoms with E-state index in [9.17, 15) is 0 Å². The van der Waals surface area contributed by atoms with Crippen molar-refractivity contribution in [3.05, 3.63) is 82.9 Å². The average molecular weight is 316 g/mol. The summed E-state index contributed by atoms with van der Waals surface area (Å²) in [6.07, 6.45) is 0. The van der Waals surface area contributed by atoms with E-state index in [4.69, 9.17) is 5.73 Å². The quantitative estimate of drug-likeness (QED) is 0.603. The van der Waals surface area contributed by atoms with Crippen LogP contribution in [0.4, 0.5) is 22.7 Å². The Morgan fingerprint density at radius 2 is 1.08 bits per heavy atom. The normalized spacial score (nSPS) is 10.7. The number of benzene rings is 3. The van der Waals surface area contributed by atoms with Crippen molar-refractivity contribution in [3.8, 4) is 0 Å². The van der Waals surface area contributed by atoms with Gasteiger partial charge < -0.3 is 10.6 Å². The number of rotatable bonds is 3. The van der Waals surface area contributed by atoms with Crippen LogP contribution in [-0.4, -0.2) is 0 Å². The van der Waals surface area contributed by atoms with Gasteiger partial charge in [-0.05, 0) is 75.2 Å². The van der Waals surface area contributed by atoms with E-state index in [2.05, 4.69) is 81.1 Å². The monoisotopic (exact) mass is 316 g/mol. The summed E-state index contributed by atoms with van der Waals surface area (Å²) in [5.41, 5.74) is 15.2. The Labute approximate surface area is 144 Å². The first kappa shape index (κ1) is 16.1. The first-order valence-corrected chi connectivity index (χ1v) is 8.26. The van der Waals surface area contributed by atoms with Gasteiger partial charge in [-0.25, -0.2) is 0 Å². The summed E-state index contributed by atoms with van der Waals surface area (Å²) in [5.74, 6) is 0. The Kier molecular flexibility index (Phi) is 4.30. The zero-order valence-electron chi connectivity index (χ0n) is 14.8. The molecule has 0 aliphatic rings. The highest BCUT2D eigenvalue weighted by Crippen LogP contribution is 2.38. The van der Waals surface area contributed by atoms with Crippen LogP contribution < -0.4 is 10.6 Å². The third-order valence-corrected chi connectivity index (χ3v) is 4.34. The van der Waals surface area contributed by atoms with Crippen LogP contribution in [0.3, 0.4) is 0 Å². The third-order valence-electron chi connectivity index (χ3n) is 4.34. The highest BCUT2D eigenvalue weighted by Gasteiger charge is 2.16. The summed E-state index contributed by atoms with van der Waals surface area (Å²) >= 11 is 0. The van der Waals surface area contributed by atoms with Crippen molar-refractivity contribution in [2.75, 3.05) is 10.6 Å². The third kappa shape index (κ3) is 3.13. The van der Waals surface area contributed by atoms with Crippen LogP contribution in [0.15, 0.2) is 60.7 Å². The first-order chi connectivity index (χ1) is 11.5. The summed E-state index contributed by atoms with van der Waals surface area (Å²) in [7, 11) is 0. The summed E-state index contributed by atoms with van der Waals surface area (Å²) < 4.78 is 0. The first-order valence-electron chi connectivity index (χ1n) is 8.26. The Bertz CT molecular complexity index is 812. The maximum absolute atomic E-state index is 5.89. The fraction of sp³-hybridized carbons (Fsp3) is 0.182. The van der Waals surface area contributed by atoms with E-state index in [0.29, 0.717) is 0 Å². The summed E-state index contributed by atoms with van der Waals surface area (Å²) in [5, 5.41) is 0. The molecule has 0 amide bonds. The molecule has 0 atom stereocenters. The molecule has 3 aromatic carbocycles. The molecule has 0 fully saturated rings. The van der Waals surface area contributed by atoms with Gasteiger partial charge in [0.1, 0.15) is 0 Å². The molecule has 0 spiro atoms. The Morgan fingerprint density at radius 1 is 0.625 bits per heavy atom. The van der Waals surface area contributed by atoms with Crippen LogP contribution in [0.1, 0.15) is 22.3 Å². The maximum Gasteiger partial charge on any atom is 0.0491 e. The molecule has 0 heterocycles. The van der Waals surface area contributed by atoms with E-state index in [1.54, 1.807) is 0 Å². The number of nitrogen functional groups attached to an aromatic ring is 1. The standard InChI is InChI=1S/C22H24N2/c1-15-5-11-21(17(3)13-15)24(20-9-7-19(23)8-10-20)22-12-6-16(2)14-18(22)4/h5-14H,23H2,1-4H3. The van der Waals surface area contributed by atoms with Gasteiger partial charge in [0.25, 0.3) is 0 Å². The number of hydrogen-bond acceptors (Lipinski definition) is 2. The van der Waals surface area contributed by atoms with Crippen LogP contribution >= 0.6 is 0 Å². The summed E-state index contributed by atoms with van der Waals surface area (Å²) in [6.45, 7) is 8.58. The van der Waals surface area contributed by atoms with Crippen molar-refractivity contribution in [1.82, 2.24) is 0 Å². The predicted octanol–water partition coefficient (Wildman–Crippen LogP) is 5.97. The summed E-state index contributed by atoms with van der Waals surface area (Å²) in [6, 6.07) is 21.2. The van der Waals surface area contributed by atoms with Gasteiger partial charge in [0.05, 0.1) is 0 Å². The number of nitrogens with zero attached hydrogens (tertiary/aromatic N) is 1. The number of nitrogens with two attached hydrogens (primary N) is 1. The molecular weight excluding hydrogens is 292 g/mol. The number of hydrogen-bond donors (Lipinski definition) is 1. The van der Waals surface area contributed by atoms with E-state index in [1.165, 1.54) is 33.6 Å². The van der Waals surface area contributed by atoms with Crippen LogP contribution in [0.5, 0.6) is 0 Å². The molecule has 0 radical (unpaired) electrons. The van der Waals surface area contributed by atoms with E-state index in [0.717, 1.165) is 11.4 Å². The lowest BCUT2D eigenvalue weighted by molar-refractivity contribution is 1.21. The smallest absolute Gasteiger partial charge is 0.0491 e. The minimum absolute atomic E-state index is 0.778. The maximum atomic E-state index is 5.89. The van der Waals surface area contributed by atoms with Gasteiger partial charge >= 0.3 is 0 Å². The highest BCUT2D eigenvalue weighted by atomic mass is 15.1. The molecule has 0 saturated carbocycles. The molecule has 3 rings (SSSR count). The molecule has 0 bridgehead atoms. The van der Waals surface area contributed by atoms with E-state index in [-0.39, 0.29) is 0 Å². The van der Waals surface area contributed by atoms with Gasteiger partial charge in [-0.15, -0.1) is 0 Å². The zero-order valence-corrected chi connectivity index (χ0v) is 14.8. The van der Waals surface area contributed by atoms with Crippen molar-refractivity contribution < 1.29 is 0 Å². The molecule has 122 valence electrons. The second kappa shape index (κ2) is 6.40. The number of anilines is 4. The van der Waals surface area contributed by atoms with Crippen molar-refractivity contribution in [2.45, 2.75) is 27.7 Å². The van der Waals surface area contributed by atoms with E-state index < -0.39 is 0 Å². The largest absolute Gasteiger partial charge is 0.399 e. The average Bonchev–Trinajstić information content (AvgIpc) is 2.53. The molecule has 0 saturated heterocycles. The molecule has 0 unspecified atom stereocenters. The Morgan fingerprint density at radius 3 is 1.50 bits per heavy atom. The second-order valence-electron chi connectivity index (χ2n) is 6.51. The Hall–Kier alpha value is -2.74. The molecular formula is C22H24N2. The molecule has 0 aromatic heterocycles. The topological polar surface area (TPSA) is 29.3 Å². The lowest BCUT2D eigenvalue weighted by Gasteiger charge is -2.29. The fourth-order valence-electron chi connectivity index (χ4n) is 3.14. The molecule has 2 heteroatoms. The van der Waals surface area contributed by atoms with Crippen LogP contribution in [-0.2, 0) is 0 Å². The number of aryl methyl sites for hydroxylation is 4. The predicted molar refractivity (Wildman–Crippen MR) is 104 cm³/mol. The molecule has 2 nitrogen and oxygen atoms in total. The fourth-order valence-corrected chi connectivity index (χ4v) is 3.14. The van der Waals surface area contributed by atoms with Crippen molar-refractivity contribution in [2.24, 2.45) is 0 Å². The van der Waals surface area contributed by atoms with Gasteiger partial charge in [-0.1, -0.05) is 35.4 Å². The minimum Gasteiger partial charge on any atom is -0.399 e. The lowest BCUT2D eigenvalue weighted by Crippen LogP contribution is -2.13. The minimum atomic E-state index is 0.778. The molecule has 3 aromatic rings. The van der Waals surface area contributed by atoms with Gasteiger partial charge in [0, 0.05) is 22.7 Å². The second-order valence-corrected chi connectivity index (χ2v) is 6.51. The van der Waals surface area contributed by atoms with Crippen LogP contribution in [0, 0.1) is 27.7 Å². The van der Waals surface area contributed by atoms with E-state index >= 15 is 0 Å². The molecule has 0 aliphatic heterocycles. The van der Waals surface area contributed by atoms with Gasteiger partial charge in [-0.3, -0.25) is 0 Å². The van der Waals surface area contributed by atoms with Crippen molar-refractivity contribution in [3.63, 3.8) is 0 Å². The van der Waals surface area contributed by atoms with Gasteiger partial charge in [0.15, 0.2) is 0 Å². The SMILES string of the molecule is Cc1ccc(N(c2ccc(N)cc2)c2ccc(C)cc2C)c(C)c1. The summed E-state index contributed by atoms with van der Waals surface area (Å²) in [4.78, 5) is 2.31. The van der Waals surface area contributed by atoms with Crippen molar-refractivity contribution in [1.29, 1.82) is 0 Å². The molecule has 2 N–H and O–H groups in total. The zero-order chi connectivity index (χ0) is 17.3. The van der Waals surface area contributed by atoms with E-state index in [1.807, 2.05) is 12.1 Å². The Balaban J connectivity index is 2.22. The van der Waals surface area contributed by atoms with Crippen LogP contribution in [0.2, 0.25) is 0 Å². The molecule has 24 heavy (non-hydrogen) atoms. The lowest BCUT2D eigenvalue weighted by atomic mass is 10.0. The molecule has 0 aliphatic carbocycles.